The molecule has 1 aromatic carbocycles. The molecule has 0 N–H and O–H groups in total. The lowest BCUT2D eigenvalue weighted by Crippen LogP contribution is -2.61. The first-order chi connectivity index (χ1) is 9.51. The van der Waals surface area contributed by atoms with E-state index in [9.17, 15) is 9.18 Å². The minimum Gasteiger partial charge on any atom is -0.380 e. The number of carbonyl (C=O) groups is 1. The summed E-state index contributed by atoms with van der Waals surface area (Å²) in [6.07, 6.45) is 2.01. The first-order valence-corrected chi connectivity index (χ1v) is 7.17. The third-order valence-electron chi connectivity index (χ3n) is 4.41. The summed E-state index contributed by atoms with van der Waals surface area (Å²) < 4.78 is 18.6. The molecule has 2 fully saturated rings. The predicted molar refractivity (Wildman–Crippen MR) is 74.0 cm³/mol. The van der Waals surface area contributed by atoms with Crippen molar-refractivity contribution in [1.29, 1.82) is 0 Å². The highest BCUT2D eigenvalue weighted by atomic mass is 19.1. The summed E-state index contributed by atoms with van der Waals surface area (Å²) in [7, 11) is 0. The van der Waals surface area contributed by atoms with Gasteiger partial charge in [-0.25, -0.2) is 4.39 Å². The van der Waals surface area contributed by atoms with Crippen LogP contribution in [0, 0.1) is 11.2 Å². The van der Waals surface area contributed by atoms with Crippen molar-refractivity contribution in [2.45, 2.75) is 38.8 Å². The maximum Gasteiger partial charge on any atom is 0.254 e. The molecular formula is C16H20FNO2. The van der Waals surface area contributed by atoms with Crippen molar-refractivity contribution in [3.8, 4) is 0 Å². The quantitative estimate of drug-likeness (QED) is 0.850. The van der Waals surface area contributed by atoms with E-state index < -0.39 is 0 Å². The Morgan fingerprint density at radius 1 is 1.40 bits per heavy atom. The largest absolute Gasteiger partial charge is 0.380 e. The molecule has 1 spiro atoms. The lowest BCUT2D eigenvalue weighted by atomic mass is 9.63. The van der Waals surface area contributed by atoms with E-state index in [0.717, 1.165) is 26.1 Å². The van der Waals surface area contributed by atoms with E-state index in [1.165, 1.54) is 12.1 Å². The minimum absolute atomic E-state index is 0.0698. The fourth-order valence-corrected chi connectivity index (χ4v) is 3.36. The number of amides is 1. The Morgan fingerprint density at radius 2 is 2.10 bits per heavy atom. The lowest BCUT2D eigenvalue weighted by molar-refractivity contribution is -0.181. The van der Waals surface area contributed by atoms with Crippen LogP contribution in [-0.2, 0) is 4.74 Å². The number of rotatable bonds is 3. The van der Waals surface area contributed by atoms with Crippen molar-refractivity contribution in [3.63, 3.8) is 0 Å². The third-order valence-corrected chi connectivity index (χ3v) is 4.41. The van der Waals surface area contributed by atoms with Gasteiger partial charge in [-0.3, -0.25) is 4.79 Å². The van der Waals surface area contributed by atoms with Gasteiger partial charge in [0, 0.05) is 23.1 Å². The fraction of sp³-hybridized carbons (Fsp3) is 0.562. The standard InChI is InChI=1S/C16H20FNO2/c1-11(2)18(14-7-16(8-14)9-20-10-16)15(19)12-4-3-5-13(17)6-12/h3-6,11,14H,7-10H2,1-2H3. The van der Waals surface area contributed by atoms with Gasteiger partial charge in [0.15, 0.2) is 0 Å². The molecule has 1 amide bonds. The van der Waals surface area contributed by atoms with Gasteiger partial charge in [0.2, 0.25) is 0 Å². The molecule has 1 aliphatic heterocycles. The van der Waals surface area contributed by atoms with Crippen molar-refractivity contribution in [2.75, 3.05) is 13.2 Å². The summed E-state index contributed by atoms with van der Waals surface area (Å²) in [5, 5.41) is 0. The maximum absolute atomic E-state index is 13.3. The van der Waals surface area contributed by atoms with Crippen LogP contribution in [0.2, 0.25) is 0 Å². The average Bonchev–Trinajstić information content (AvgIpc) is 2.29. The van der Waals surface area contributed by atoms with Gasteiger partial charge in [0.05, 0.1) is 13.2 Å². The number of hydrogen-bond acceptors (Lipinski definition) is 2. The molecular weight excluding hydrogens is 257 g/mol. The summed E-state index contributed by atoms with van der Waals surface area (Å²) in [4.78, 5) is 14.5. The summed E-state index contributed by atoms with van der Waals surface area (Å²) in [6.45, 7) is 5.67. The molecule has 3 rings (SSSR count). The number of hydrogen-bond donors (Lipinski definition) is 0. The molecule has 108 valence electrons. The van der Waals surface area contributed by atoms with E-state index in [1.807, 2.05) is 18.7 Å². The SMILES string of the molecule is CC(C)N(C(=O)c1cccc(F)c1)C1CC2(COC2)C1. The molecule has 4 heteroatoms. The second-order valence-corrected chi connectivity index (χ2v) is 6.37. The van der Waals surface area contributed by atoms with Gasteiger partial charge in [-0.05, 0) is 44.9 Å². The van der Waals surface area contributed by atoms with Gasteiger partial charge >= 0.3 is 0 Å². The Hall–Kier alpha value is -1.42. The van der Waals surface area contributed by atoms with Gasteiger partial charge in [0.25, 0.3) is 5.91 Å². The second-order valence-electron chi connectivity index (χ2n) is 6.37. The molecule has 2 aliphatic rings. The molecule has 1 heterocycles. The number of carbonyl (C=O) groups excluding carboxylic acids is 1. The Morgan fingerprint density at radius 3 is 2.60 bits per heavy atom. The van der Waals surface area contributed by atoms with Crippen molar-refractivity contribution >= 4 is 5.91 Å². The minimum atomic E-state index is -0.364. The second kappa shape index (κ2) is 4.85. The normalized spacial score (nSPS) is 20.6. The maximum atomic E-state index is 13.3. The van der Waals surface area contributed by atoms with E-state index in [2.05, 4.69) is 0 Å². The van der Waals surface area contributed by atoms with Crippen LogP contribution in [0.5, 0.6) is 0 Å². The monoisotopic (exact) mass is 277 g/mol. The van der Waals surface area contributed by atoms with Crippen molar-refractivity contribution < 1.29 is 13.9 Å². The highest BCUT2D eigenvalue weighted by Crippen LogP contribution is 2.49. The molecule has 20 heavy (non-hydrogen) atoms. The van der Waals surface area contributed by atoms with Crippen molar-refractivity contribution in [1.82, 2.24) is 4.90 Å². The van der Waals surface area contributed by atoms with Crippen LogP contribution in [0.4, 0.5) is 4.39 Å². The Bertz CT molecular complexity index is 517. The average molecular weight is 277 g/mol. The highest BCUT2D eigenvalue weighted by Gasteiger charge is 2.52. The van der Waals surface area contributed by atoms with Gasteiger partial charge in [-0.1, -0.05) is 6.07 Å². The zero-order chi connectivity index (χ0) is 14.3. The molecule has 0 bridgehead atoms. The molecule has 0 unspecified atom stereocenters. The first kappa shape index (κ1) is 13.6. The predicted octanol–water partition coefficient (Wildman–Crippen LogP) is 2.86. The lowest BCUT2D eigenvalue weighted by Gasteiger charge is -2.56. The van der Waals surface area contributed by atoms with Gasteiger partial charge in [-0.15, -0.1) is 0 Å². The number of ether oxygens (including phenoxy) is 1. The fourth-order valence-electron chi connectivity index (χ4n) is 3.36. The number of benzene rings is 1. The van der Waals surface area contributed by atoms with Crippen LogP contribution in [0.1, 0.15) is 37.0 Å². The zero-order valence-corrected chi connectivity index (χ0v) is 11.9. The molecule has 3 nitrogen and oxygen atoms in total. The summed E-state index contributed by atoms with van der Waals surface area (Å²) in [6, 6.07) is 6.33. The van der Waals surface area contributed by atoms with Crippen LogP contribution in [-0.4, -0.2) is 36.1 Å². The van der Waals surface area contributed by atoms with E-state index in [-0.39, 0.29) is 23.8 Å². The highest BCUT2D eigenvalue weighted by molar-refractivity contribution is 5.94. The molecule has 1 aliphatic carbocycles. The van der Waals surface area contributed by atoms with Crippen molar-refractivity contribution in [3.05, 3.63) is 35.6 Å². The van der Waals surface area contributed by atoms with Gasteiger partial charge in [-0.2, -0.15) is 0 Å². The molecule has 0 atom stereocenters. The van der Waals surface area contributed by atoms with Crippen LogP contribution in [0.25, 0.3) is 0 Å². The molecule has 1 saturated heterocycles. The smallest absolute Gasteiger partial charge is 0.254 e. The van der Waals surface area contributed by atoms with Gasteiger partial charge in [0.1, 0.15) is 5.82 Å². The van der Waals surface area contributed by atoms with Crippen LogP contribution < -0.4 is 0 Å². The van der Waals surface area contributed by atoms with E-state index in [1.54, 1.807) is 12.1 Å². The Kier molecular flexibility index (Phi) is 3.28. The zero-order valence-electron chi connectivity index (χ0n) is 11.9. The summed E-state index contributed by atoms with van der Waals surface area (Å²) in [5.74, 6) is -0.434. The topological polar surface area (TPSA) is 29.5 Å². The van der Waals surface area contributed by atoms with Crippen molar-refractivity contribution in [2.24, 2.45) is 5.41 Å². The third kappa shape index (κ3) is 2.22. The first-order valence-electron chi connectivity index (χ1n) is 7.17. The van der Waals surface area contributed by atoms with Crippen LogP contribution in [0.15, 0.2) is 24.3 Å². The summed E-state index contributed by atoms with van der Waals surface area (Å²) >= 11 is 0. The molecule has 0 radical (unpaired) electrons. The Labute approximate surface area is 118 Å². The Balaban J connectivity index is 1.75. The molecule has 1 aromatic rings. The van der Waals surface area contributed by atoms with Crippen LogP contribution in [0.3, 0.4) is 0 Å². The molecule has 1 saturated carbocycles. The number of halogens is 1. The summed E-state index contributed by atoms with van der Waals surface area (Å²) in [5.41, 5.74) is 0.754. The van der Waals surface area contributed by atoms with Gasteiger partial charge < -0.3 is 9.64 Å². The van der Waals surface area contributed by atoms with E-state index in [4.69, 9.17) is 4.74 Å². The van der Waals surface area contributed by atoms with E-state index >= 15 is 0 Å². The van der Waals surface area contributed by atoms with E-state index in [0.29, 0.717) is 11.0 Å². The number of nitrogens with zero attached hydrogens (tertiary/aromatic N) is 1. The molecule has 0 aromatic heterocycles. The van der Waals surface area contributed by atoms with Crippen LogP contribution >= 0.6 is 0 Å².